The van der Waals surface area contributed by atoms with E-state index >= 15 is 0 Å². The molecule has 1 aromatic heterocycles. The fourth-order valence-corrected chi connectivity index (χ4v) is 2.74. The van der Waals surface area contributed by atoms with Crippen LogP contribution >= 0.6 is 23.1 Å². The maximum atomic E-state index is 8.53. The van der Waals surface area contributed by atoms with E-state index in [1.54, 1.807) is 23.1 Å². The number of aryl methyl sites for hydroxylation is 1. The molecule has 2 aromatic rings. The summed E-state index contributed by atoms with van der Waals surface area (Å²) < 4.78 is 0. The molecular formula is C13H12N2S2. The predicted molar refractivity (Wildman–Crippen MR) is 73.3 cm³/mol. The molecule has 86 valence electrons. The second kappa shape index (κ2) is 5.85. The highest BCUT2D eigenvalue weighted by molar-refractivity contribution is 7.98. The summed E-state index contributed by atoms with van der Waals surface area (Å²) in [5, 5.41) is 11.6. The van der Waals surface area contributed by atoms with E-state index in [1.807, 2.05) is 5.38 Å². The van der Waals surface area contributed by atoms with Gasteiger partial charge in [0, 0.05) is 28.7 Å². The summed E-state index contributed by atoms with van der Waals surface area (Å²) in [5.41, 5.74) is 2.16. The number of aromatic nitrogens is 1. The number of thiazole rings is 1. The third-order valence-electron chi connectivity index (χ3n) is 2.38. The van der Waals surface area contributed by atoms with Crippen molar-refractivity contribution in [1.82, 2.24) is 4.98 Å². The van der Waals surface area contributed by atoms with Crippen LogP contribution in [0.3, 0.4) is 0 Å². The highest BCUT2D eigenvalue weighted by Crippen LogP contribution is 2.26. The summed E-state index contributed by atoms with van der Waals surface area (Å²) in [6.07, 6.45) is 3.35. The van der Waals surface area contributed by atoms with Gasteiger partial charge < -0.3 is 0 Å². The van der Waals surface area contributed by atoms with Gasteiger partial charge in [-0.3, -0.25) is 0 Å². The molecule has 0 aliphatic rings. The fraction of sp³-hybridized carbons (Fsp3) is 0.231. The van der Waals surface area contributed by atoms with Crippen LogP contribution in [0.5, 0.6) is 0 Å². The number of nitriles is 1. The van der Waals surface area contributed by atoms with Crippen LogP contribution in [-0.2, 0) is 6.42 Å². The van der Waals surface area contributed by atoms with Crippen LogP contribution in [0.2, 0.25) is 0 Å². The number of hydrogen-bond acceptors (Lipinski definition) is 4. The first-order chi connectivity index (χ1) is 8.33. The van der Waals surface area contributed by atoms with Gasteiger partial charge in [0.05, 0.1) is 11.8 Å². The summed E-state index contributed by atoms with van der Waals surface area (Å²) >= 11 is 3.38. The Kier molecular flexibility index (Phi) is 4.18. The maximum Gasteiger partial charge on any atom is 0.123 e. The topological polar surface area (TPSA) is 36.7 Å². The molecule has 0 unspecified atom stereocenters. The maximum absolute atomic E-state index is 8.53. The molecule has 2 rings (SSSR count). The largest absolute Gasteiger partial charge is 0.241 e. The number of nitrogens with zero attached hydrogens (tertiary/aromatic N) is 2. The molecule has 0 saturated carbocycles. The zero-order valence-electron chi connectivity index (χ0n) is 9.51. The van der Waals surface area contributed by atoms with Crippen molar-refractivity contribution >= 4 is 23.1 Å². The number of thioether (sulfide) groups is 1. The number of hydrogen-bond donors (Lipinski definition) is 0. The zero-order valence-corrected chi connectivity index (χ0v) is 11.1. The normalized spacial score (nSPS) is 10.1. The molecule has 0 N–H and O–H groups in total. The summed E-state index contributed by atoms with van der Waals surface area (Å²) in [6, 6.07) is 10.5. The van der Waals surface area contributed by atoms with Crippen molar-refractivity contribution in [1.29, 1.82) is 5.26 Å². The van der Waals surface area contributed by atoms with Crippen LogP contribution in [0.1, 0.15) is 12.1 Å². The molecule has 0 spiro atoms. The van der Waals surface area contributed by atoms with Gasteiger partial charge in [-0.15, -0.1) is 23.1 Å². The summed E-state index contributed by atoms with van der Waals surface area (Å²) in [6.45, 7) is 0. The molecule has 0 aliphatic heterocycles. The van der Waals surface area contributed by atoms with E-state index in [-0.39, 0.29) is 0 Å². The average molecular weight is 260 g/mol. The summed E-state index contributed by atoms with van der Waals surface area (Å²) in [5.74, 6) is 0. The lowest BCUT2D eigenvalue weighted by Crippen LogP contribution is -1.84. The molecule has 0 bridgehead atoms. The van der Waals surface area contributed by atoms with Crippen LogP contribution in [0, 0.1) is 11.3 Å². The first-order valence-electron chi connectivity index (χ1n) is 5.29. The fourth-order valence-electron chi connectivity index (χ4n) is 1.47. The molecule has 0 aliphatic carbocycles. The van der Waals surface area contributed by atoms with E-state index in [2.05, 4.69) is 41.6 Å². The van der Waals surface area contributed by atoms with Crippen LogP contribution in [0.15, 0.2) is 34.5 Å². The Morgan fingerprint density at radius 1 is 1.35 bits per heavy atom. The zero-order chi connectivity index (χ0) is 12.1. The van der Waals surface area contributed by atoms with Crippen molar-refractivity contribution in [2.45, 2.75) is 17.7 Å². The van der Waals surface area contributed by atoms with Gasteiger partial charge >= 0.3 is 0 Å². The molecule has 0 saturated heterocycles. The van der Waals surface area contributed by atoms with E-state index in [1.165, 1.54) is 4.90 Å². The van der Waals surface area contributed by atoms with Gasteiger partial charge in [-0.25, -0.2) is 4.98 Å². The standard InChI is InChI=1S/C13H12N2S2/c1-16-12-6-4-10(5-7-12)13-15-11(9-17-13)3-2-8-14/h4-7,9H,2-3H2,1H3. The lowest BCUT2D eigenvalue weighted by atomic mass is 10.2. The molecule has 0 radical (unpaired) electrons. The molecular weight excluding hydrogens is 248 g/mol. The van der Waals surface area contributed by atoms with E-state index in [9.17, 15) is 0 Å². The minimum Gasteiger partial charge on any atom is -0.241 e. The van der Waals surface area contributed by atoms with Crippen molar-refractivity contribution in [2.24, 2.45) is 0 Å². The molecule has 17 heavy (non-hydrogen) atoms. The van der Waals surface area contributed by atoms with Crippen LogP contribution in [0.4, 0.5) is 0 Å². The first kappa shape index (κ1) is 12.2. The quantitative estimate of drug-likeness (QED) is 0.780. The van der Waals surface area contributed by atoms with Crippen LogP contribution < -0.4 is 0 Å². The minimum absolute atomic E-state index is 0.536. The van der Waals surface area contributed by atoms with Crippen molar-refractivity contribution in [3.05, 3.63) is 35.3 Å². The van der Waals surface area contributed by atoms with Gasteiger partial charge in [0.15, 0.2) is 0 Å². The third-order valence-corrected chi connectivity index (χ3v) is 4.07. The lowest BCUT2D eigenvalue weighted by Gasteiger charge is -1.98. The monoisotopic (exact) mass is 260 g/mol. The van der Waals surface area contributed by atoms with E-state index in [0.717, 1.165) is 22.7 Å². The number of rotatable bonds is 4. The van der Waals surface area contributed by atoms with E-state index < -0.39 is 0 Å². The smallest absolute Gasteiger partial charge is 0.123 e. The van der Waals surface area contributed by atoms with Gasteiger partial charge in [0.1, 0.15) is 5.01 Å². The highest BCUT2D eigenvalue weighted by atomic mass is 32.2. The number of benzene rings is 1. The molecule has 4 heteroatoms. The van der Waals surface area contributed by atoms with Crippen molar-refractivity contribution in [3.63, 3.8) is 0 Å². The van der Waals surface area contributed by atoms with Crippen molar-refractivity contribution in [3.8, 4) is 16.6 Å². The first-order valence-corrected chi connectivity index (χ1v) is 7.39. The van der Waals surface area contributed by atoms with E-state index in [4.69, 9.17) is 5.26 Å². The minimum atomic E-state index is 0.536. The van der Waals surface area contributed by atoms with Crippen LogP contribution in [-0.4, -0.2) is 11.2 Å². The Hall–Kier alpha value is -1.31. The van der Waals surface area contributed by atoms with Crippen molar-refractivity contribution < 1.29 is 0 Å². The Morgan fingerprint density at radius 2 is 2.12 bits per heavy atom. The molecule has 0 fully saturated rings. The second-order valence-corrected chi connectivity index (χ2v) is 5.27. The van der Waals surface area contributed by atoms with Gasteiger partial charge in [-0.05, 0) is 18.4 Å². The third kappa shape index (κ3) is 3.09. The van der Waals surface area contributed by atoms with Gasteiger partial charge in [0.2, 0.25) is 0 Å². The second-order valence-electron chi connectivity index (χ2n) is 3.53. The molecule has 2 nitrogen and oxygen atoms in total. The average Bonchev–Trinajstić information content (AvgIpc) is 2.85. The Balaban J connectivity index is 2.16. The summed E-state index contributed by atoms with van der Waals surface area (Å²) in [7, 11) is 0. The lowest BCUT2D eigenvalue weighted by molar-refractivity contribution is 0.969. The van der Waals surface area contributed by atoms with Gasteiger partial charge in [0.25, 0.3) is 0 Å². The Bertz CT molecular complexity index is 523. The highest BCUT2D eigenvalue weighted by Gasteiger charge is 2.04. The predicted octanol–water partition coefficient (Wildman–Crippen LogP) is 3.99. The summed E-state index contributed by atoms with van der Waals surface area (Å²) in [4.78, 5) is 5.79. The van der Waals surface area contributed by atoms with Gasteiger partial charge in [-0.2, -0.15) is 5.26 Å². The van der Waals surface area contributed by atoms with E-state index in [0.29, 0.717) is 6.42 Å². The molecule has 1 heterocycles. The van der Waals surface area contributed by atoms with Crippen LogP contribution in [0.25, 0.3) is 10.6 Å². The Morgan fingerprint density at radius 3 is 2.76 bits per heavy atom. The SMILES string of the molecule is CSc1ccc(-c2nc(CCC#N)cs2)cc1. The molecule has 0 amide bonds. The van der Waals surface area contributed by atoms with Crippen molar-refractivity contribution in [2.75, 3.05) is 6.26 Å². The molecule has 0 atom stereocenters. The Labute approximate surface area is 109 Å². The molecule has 1 aromatic carbocycles. The van der Waals surface area contributed by atoms with Gasteiger partial charge in [-0.1, -0.05) is 12.1 Å².